The van der Waals surface area contributed by atoms with Crippen molar-refractivity contribution in [2.45, 2.75) is 12.8 Å². The minimum Gasteiger partial charge on any atom is -0.346 e. The van der Waals surface area contributed by atoms with Gasteiger partial charge in [-0.25, -0.2) is 0 Å². The van der Waals surface area contributed by atoms with Crippen LogP contribution in [0.25, 0.3) is 0 Å². The second-order valence-electron chi connectivity index (χ2n) is 8.78. The second kappa shape index (κ2) is 18.6. The van der Waals surface area contributed by atoms with Crippen LogP contribution in [0.5, 0.6) is 0 Å². The van der Waals surface area contributed by atoms with Crippen molar-refractivity contribution in [1.29, 1.82) is 0 Å². The Balaban J connectivity index is 2.03. The highest BCUT2D eigenvalue weighted by atomic mass is 31.2. The smallest absolute Gasteiger partial charge is 0.328 e. The molecule has 236 valence electrons. The topological polar surface area (TPSA) is 212 Å². The van der Waals surface area contributed by atoms with Gasteiger partial charge in [-0.2, -0.15) is 0 Å². The van der Waals surface area contributed by atoms with Gasteiger partial charge in [-0.3, -0.25) is 18.1 Å². The molecule has 0 unspecified atom stereocenters. The molecule has 1 heterocycles. The van der Waals surface area contributed by atoms with Crippen LogP contribution in [-0.4, -0.2) is 92.2 Å². The normalized spacial score (nSPS) is 15.5. The molecule has 0 saturated carbocycles. The molecule has 0 saturated heterocycles. The van der Waals surface area contributed by atoms with Crippen molar-refractivity contribution in [2.24, 2.45) is 0 Å². The molecule has 42 heavy (non-hydrogen) atoms. The zero-order valence-corrected chi connectivity index (χ0v) is 26.1. The molecule has 2 aromatic carbocycles. The highest BCUT2D eigenvalue weighted by Gasteiger charge is 2.23. The summed E-state index contributed by atoms with van der Waals surface area (Å²) in [5.74, 6) is 0. The number of hydrogen-bond donors (Lipinski definition) is 8. The minimum absolute atomic E-state index is 0.154. The summed E-state index contributed by atoms with van der Waals surface area (Å²) < 4.78 is 20.7. The van der Waals surface area contributed by atoms with E-state index < -0.39 is 34.4 Å². The number of fused-ring (bicyclic) bond motifs is 2. The van der Waals surface area contributed by atoms with E-state index >= 15 is 0 Å². The molecular weight excluding hydrogens is 636 g/mol. The molecule has 0 aromatic heterocycles. The zero-order chi connectivity index (χ0) is 30.5. The predicted molar refractivity (Wildman–Crippen MR) is 161 cm³/mol. The van der Waals surface area contributed by atoms with Crippen LogP contribution in [0.2, 0.25) is 0 Å². The fraction of sp³-hybridized carbons (Fsp3) is 0.455. The van der Waals surface area contributed by atoms with Gasteiger partial charge in [0.15, 0.2) is 0 Å². The van der Waals surface area contributed by atoms with Gasteiger partial charge in [-0.05, 0) is 37.1 Å². The first-order chi connectivity index (χ1) is 20.2. The average Bonchev–Trinajstić information content (AvgIpc) is 2.95. The maximum atomic E-state index is 9.45. The average molecular weight is 672 g/mol. The summed E-state index contributed by atoms with van der Waals surface area (Å²) >= 11 is 0. The third-order valence-electron chi connectivity index (χ3n) is 6.15. The van der Waals surface area contributed by atoms with Gasteiger partial charge in [-0.1, -0.05) is 24.3 Å². The molecule has 0 spiro atoms. The predicted octanol–water partition coefficient (Wildman–Crippen LogP) is 2.15. The number of nitrogens with zero attached hydrogens (tertiary/aromatic N) is 4. The van der Waals surface area contributed by atoms with Crippen molar-refractivity contribution in [2.75, 3.05) is 72.7 Å². The van der Waals surface area contributed by atoms with E-state index in [9.17, 15) is 39.1 Å². The van der Waals surface area contributed by atoms with Gasteiger partial charge in [0, 0.05) is 26.2 Å². The molecule has 0 radical (unpaired) electrons. The Morgan fingerprint density at radius 3 is 0.833 bits per heavy atom. The molecule has 0 atom stereocenters. The van der Waals surface area contributed by atoms with Crippen LogP contribution in [0, 0.1) is 0 Å². The quantitative estimate of drug-likeness (QED) is 0.152. The highest BCUT2D eigenvalue weighted by molar-refractivity contribution is 7.40. The largest absolute Gasteiger partial charge is 0.346 e. The van der Waals surface area contributed by atoms with Crippen molar-refractivity contribution in [3.63, 3.8) is 0 Å². The van der Waals surface area contributed by atoms with Crippen LogP contribution < -0.4 is 19.6 Å². The van der Waals surface area contributed by atoms with E-state index in [-0.39, 0.29) is 26.9 Å². The first-order valence-electron chi connectivity index (χ1n) is 12.6. The number of benzene rings is 2. The molecular formula is C22H36N4O12P4. The van der Waals surface area contributed by atoms with Crippen LogP contribution in [-0.2, 0) is 18.1 Å². The zero-order valence-electron chi connectivity index (χ0n) is 22.5. The van der Waals surface area contributed by atoms with Gasteiger partial charge in [0.2, 0.25) is 0 Å². The summed E-state index contributed by atoms with van der Waals surface area (Å²) in [6, 6.07) is 14.5. The molecule has 8 N–H and O–H groups in total. The molecule has 20 heteroatoms. The number of para-hydroxylation sites is 4. The molecule has 0 fully saturated rings. The molecule has 0 aliphatic carbocycles. The Hall–Kier alpha value is -1.12. The number of rotatable bonds is 12. The van der Waals surface area contributed by atoms with Gasteiger partial charge in [0.05, 0.1) is 22.7 Å². The van der Waals surface area contributed by atoms with E-state index in [1.807, 2.05) is 48.5 Å². The lowest BCUT2D eigenvalue weighted by Gasteiger charge is -2.36. The number of hydrogen-bond acceptors (Lipinski definition) is 16. The van der Waals surface area contributed by atoms with E-state index in [0.29, 0.717) is 61.8 Å². The van der Waals surface area contributed by atoms with Gasteiger partial charge in [0.1, 0.15) is 26.9 Å². The van der Waals surface area contributed by atoms with Gasteiger partial charge in [-0.15, -0.1) is 0 Å². The van der Waals surface area contributed by atoms with Crippen molar-refractivity contribution in [1.82, 2.24) is 0 Å². The van der Waals surface area contributed by atoms with Crippen molar-refractivity contribution >= 4 is 57.2 Å². The van der Waals surface area contributed by atoms with Crippen LogP contribution in [0.3, 0.4) is 0 Å². The summed E-state index contributed by atoms with van der Waals surface area (Å²) in [7, 11) is -10.5. The lowest BCUT2D eigenvalue weighted by Crippen LogP contribution is -2.37. The fourth-order valence-electron chi connectivity index (χ4n) is 4.41. The fourth-order valence-corrected chi connectivity index (χ4v) is 5.38. The molecule has 16 nitrogen and oxygen atoms in total. The van der Waals surface area contributed by atoms with E-state index in [4.69, 9.17) is 18.1 Å². The lowest BCUT2D eigenvalue weighted by molar-refractivity contribution is 0.244. The standard InChI is InChI=1S/C22H36N4O12P4/c27-39(28)35-15-23-11-5-13-25(17-37-41(31)32)21-9-3-4-10-22(21)26(18-38-42(33)34)14-6-12-24(16-36-40(29)30)20-8-2-1-7-19(20)23/h1-4,7-10,27-34H,5-6,11-18H2. The molecule has 0 bridgehead atoms. The summed E-state index contributed by atoms with van der Waals surface area (Å²) in [5.41, 5.74) is 2.66. The first kappa shape index (κ1) is 35.4. The monoisotopic (exact) mass is 672 g/mol. The first-order valence-corrected chi connectivity index (χ1v) is 17.2. The van der Waals surface area contributed by atoms with Crippen LogP contribution in [0.1, 0.15) is 12.8 Å². The summed E-state index contributed by atoms with van der Waals surface area (Å²) in [6.07, 6.45) is 0.951. The number of anilines is 4. The van der Waals surface area contributed by atoms with Crippen molar-refractivity contribution < 1.29 is 57.2 Å². The van der Waals surface area contributed by atoms with Gasteiger partial charge < -0.3 is 58.7 Å². The van der Waals surface area contributed by atoms with Gasteiger partial charge in [0.25, 0.3) is 0 Å². The second-order valence-corrected chi connectivity index (χ2v) is 11.8. The van der Waals surface area contributed by atoms with Gasteiger partial charge >= 0.3 is 34.4 Å². The lowest BCUT2D eigenvalue weighted by atomic mass is 10.2. The van der Waals surface area contributed by atoms with E-state index in [0.717, 1.165) is 0 Å². The third-order valence-corrected chi connectivity index (χ3v) is 7.54. The SMILES string of the molecule is OP(O)OCN1CCCN(COP(O)O)c2ccccc2N(COP(O)O)CCCN(COP(O)O)c2ccccc21. The maximum Gasteiger partial charge on any atom is 0.328 e. The highest BCUT2D eigenvalue weighted by Crippen LogP contribution is 2.37. The van der Waals surface area contributed by atoms with Crippen molar-refractivity contribution in [3.05, 3.63) is 48.5 Å². The summed E-state index contributed by atoms with van der Waals surface area (Å²) in [6.45, 7) is 0.828. The van der Waals surface area contributed by atoms with Crippen molar-refractivity contribution in [3.8, 4) is 0 Å². The molecule has 3 rings (SSSR count). The Morgan fingerprint density at radius 1 is 0.429 bits per heavy atom. The summed E-state index contributed by atoms with van der Waals surface area (Å²) in [5, 5.41) is 0. The summed E-state index contributed by atoms with van der Waals surface area (Å²) in [4.78, 5) is 82.8. The van der Waals surface area contributed by atoms with E-state index in [1.54, 1.807) is 19.6 Å². The van der Waals surface area contributed by atoms with Crippen LogP contribution >= 0.6 is 34.4 Å². The maximum absolute atomic E-state index is 9.45. The Labute approximate surface area is 248 Å². The van der Waals surface area contributed by atoms with E-state index in [1.165, 1.54) is 0 Å². The third kappa shape index (κ3) is 11.8. The minimum atomic E-state index is -2.63. The van der Waals surface area contributed by atoms with Crippen LogP contribution in [0.4, 0.5) is 22.7 Å². The molecule has 1 aliphatic heterocycles. The Morgan fingerprint density at radius 2 is 0.643 bits per heavy atom. The Bertz CT molecular complexity index is 904. The van der Waals surface area contributed by atoms with Crippen LogP contribution in [0.15, 0.2) is 48.5 Å². The Kier molecular flexibility index (Phi) is 15.7. The molecule has 1 aliphatic rings. The molecule has 0 amide bonds. The molecule has 2 aromatic rings. The van der Waals surface area contributed by atoms with E-state index in [2.05, 4.69) is 0 Å².